The molecule has 0 aliphatic carbocycles. The minimum atomic E-state index is -0.330. The number of nitrogens with zero attached hydrogens (tertiary/aromatic N) is 1. The predicted octanol–water partition coefficient (Wildman–Crippen LogP) is 3.75. The molecule has 0 amide bonds. The van der Waals surface area contributed by atoms with E-state index in [2.05, 4.69) is 11.4 Å². The van der Waals surface area contributed by atoms with E-state index < -0.39 is 0 Å². The van der Waals surface area contributed by atoms with E-state index in [1.807, 2.05) is 6.92 Å². The Morgan fingerprint density at radius 2 is 1.88 bits per heavy atom. The average Bonchev–Trinajstić information content (AvgIpc) is 2.34. The Kier molecular flexibility index (Phi) is 3.06. The topological polar surface area (TPSA) is 35.8 Å². The zero-order valence-corrected chi connectivity index (χ0v) is 9.37. The van der Waals surface area contributed by atoms with Crippen molar-refractivity contribution in [3.8, 4) is 6.07 Å². The lowest BCUT2D eigenvalue weighted by atomic mass is 10.1. The summed E-state index contributed by atoms with van der Waals surface area (Å²) in [5, 5.41) is 11.9. The van der Waals surface area contributed by atoms with Crippen LogP contribution in [0.4, 0.5) is 15.8 Å². The van der Waals surface area contributed by atoms with Crippen molar-refractivity contribution in [3.63, 3.8) is 0 Å². The van der Waals surface area contributed by atoms with Crippen LogP contribution in [0, 0.1) is 24.1 Å². The van der Waals surface area contributed by atoms with Crippen LogP contribution in [0.15, 0.2) is 42.5 Å². The molecule has 0 aromatic heterocycles. The summed E-state index contributed by atoms with van der Waals surface area (Å²) in [6, 6.07) is 13.9. The largest absolute Gasteiger partial charge is 0.352 e. The number of rotatable bonds is 2. The highest BCUT2D eigenvalue weighted by atomic mass is 19.1. The molecule has 84 valence electrons. The molecule has 0 heterocycles. The zero-order chi connectivity index (χ0) is 12.3. The maximum Gasteiger partial charge on any atom is 0.146 e. The smallest absolute Gasteiger partial charge is 0.146 e. The molecule has 0 bridgehead atoms. The second-order valence-corrected chi connectivity index (χ2v) is 3.77. The molecule has 0 unspecified atom stereocenters. The molecule has 0 spiro atoms. The first kappa shape index (κ1) is 11.2. The zero-order valence-electron chi connectivity index (χ0n) is 9.37. The minimum Gasteiger partial charge on any atom is -0.352 e. The lowest BCUT2D eigenvalue weighted by Gasteiger charge is -2.09. The van der Waals surface area contributed by atoms with E-state index in [4.69, 9.17) is 5.26 Å². The lowest BCUT2D eigenvalue weighted by Crippen LogP contribution is -1.96. The third-order valence-corrected chi connectivity index (χ3v) is 2.44. The van der Waals surface area contributed by atoms with Gasteiger partial charge in [-0.25, -0.2) is 4.39 Å². The van der Waals surface area contributed by atoms with Gasteiger partial charge < -0.3 is 5.32 Å². The minimum absolute atomic E-state index is 0.330. The first-order chi connectivity index (χ1) is 8.20. The summed E-state index contributed by atoms with van der Waals surface area (Å²) >= 11 is 0. The molecule has 0 radical (unpaired) electrons. The lowest BCUT2D eigenvalue weighted by molar-refractivity contribution is 0.631. The van der Waals surface area contributed by atoms with E-state index in [0.29, 0.717) is 16.9 Å². The van der Waals surface area contributed by atoms with Crippen molar-refractivity contribution in [2.45, 2.75) is 6.92 Å². The fourth-order valence-corrected chi connectivity index (χ4v) is 1.57. The Bertz CT molecular complexity index is 585. The average molecular weight is 226 g/mol. The van der Waals surface area contributed by atoms with E-state index in [9.17, 15) is 4.39 Å². The molecule has 2 aromatic rings. The number of benzene rings is 2. The highest BCUT2D eigenvalue weighted by molar-refractivity contribution is 5.67. The number of halogens is 1. The summed E-state index contributed by atoms with van der Waals surface area (Å²) in [7, 11) is 0. The maximum atomic E-state index is 13.5. The molecule has 3 heteroatoms. The monoisotopic (exact) mass is 226 g/mol. The third-order valence-electron chi connectivity index (χ3n) is 2.44. The van der Waals surface area contributed by atoms with Gasteiger partial charge in [0.25, 0.3) is 0 Å². The number of aryl methyl sites for hydroxylation is 1. The van der Waals surface area contributed by atoms with Crippen molar-refractivity contribution in [2.75, 3.05) is 5.32 Å². The first-order valence-electron chi connectivity index (χ1n) is 5.23. The van der Waals surface area contributed by atoms with E-state index >= 15 is 0 Å². The van der Waals surface area contributed by atoms with Crippen LogP contribution in [-0.2, 0) is 0 Å². The van der Waals surface area contributed by atoms with E-state index in [-0.39, 0.29) is 5.82 Å². The Hall–Kier alpha value is -2.34. The number of anilines is 2. The van der Waals surface area contributed by atoms with Crippen LogP contribution in [0.3, 0.4) is 0 Å². The van der Waals surface area contributed by atoms with Crippen LogP contribution in [0.25, 0.3) is 0 Å². The van der Waals surface area contributed by atoms with Gasteiger partial charge in [-0.15, -0.1) is 0 Å². The summed E-state index contributed by atoms with van der Waals surface area (Å²) in [4.78, 5) is 0. The van der Waals surface area contributed by atoms with E-state index in [1.165, 1.54) is 6.07 Å². The third kappa shape index (κ3) is 2.43. The standard InChI is InChI=1S/C14H11FN2/c1-10-6-7-12(15)14(8-10)17-13-5-3-2-4-11(13)9-16/h2-8,17H,1H3. The van der Waals surface area contributed by atoms with Crippen molar-refractivity contribution in [1.82, 2.24) is 0 Å². The number of para-hydroxylation sites is 1. The summed E-state index contributed by atoms with van der Waals surface area (Å²) < 4.78 is 13.5. The van der Waals surface area contributed by atoms with Crippen molar-refractivity contribution in [3.05, 3.63) is 59.4 Å². The predicted molar refractivity (Wildman–Crippen MR) is 65.6 cm³/mol. The van der Waals surface area contributed by atoms with Gasteiger partial charge in [-0.05, 0) is 36.8 Å². The second kappa shape index (κ2) is 4.67. The molecule has 0 saturated carbocycles. The van der Waals surface area contributed by atoms with Gasteiger partial charge in [0.05, 0.1) is 16.9 Å². The molecule has 0 saturated heterocycles. The van der Waals surface area contributed by atoms with Gasteiger partial charge in [0.2, 0.25) is 0 Å². The summed E-state index contributed by atoms with van der Waals surface area (Å²) in [5.74, 6) is -0.330. The summed E-state index contributed by atoms with van der Waals surface area (Å²) in [6.07, 6.45) is 0. The van der Waals surface area contributed by atoms with Gasteiger partial charge >= 0.3 is 0 Å². The van der Waals surface area contributed by atoms with Crippen molar-refractivity contribution in [2.24, 2.45) is 0 Å². The fourth-order valence-electron chi connectivity index (χ4n) is 1.57. The van der Waals surface area contributed by atoms with Crippen LogP contribution in [-0.4, -0.2) is 0 Å². The number of hydrogen-bond acceptors (Lipinski definition) is 2. The van der Waals surface area contributed by atoms with Crippen LogP contribution >= 0.6 is 0 Å². The second-order valence-electron chi connectivity index (χ2n) is 3.77. The molecule has 17 heavy (non-hydrogen) atoms. The van der Waals surface area contributed by atoms with E-state index in [0.717, 1.165) is 5.56 Å². The first-order valence-corrected chi connectivity index (χ1v) is 5.23. The molecule has 1 N–H and O–H groups in total. The number of nitrogens with one attached hydrogen (secondary N) is 1. The Balaban J connectivity index is 2.38. The highest BCUT2D eigenvalue weighted by Gasteiger charge is 2.05. The fraction of sp³-hybridized carbons (Fsp3) is 0.0714. The molecule has 0 aliphatic rings. The number of hydrogen-bond donors (Lipinski definition) is 1. The maximum absolute atomic E-state index is 13.5. The highest BCUT2D eigenvalue weighted by Crippen LogP contribution is 2.23. The molecule has 2 nitrogen and oxygen atoms in total. The van der Waals surface area contributed by atoms with Crippen LogP contribution in [0.2, 0.25) is 0 Å². The molecular formula is C14H11FN2. The summed E-state index contributed by atoms with van der Waals surface area (Å²) in [6.45, 7) is 1.89. The van der Waals surface area contributed by atoms with Gasteiger partial charge in [-0.3, -0.25) is 0 Å². The Morgan fingerprint density at radius 1 is 1.12 bits per heavy atom. The normalized spacial score (nSPS) is 9.71. The molecule has 0 atom stereocenters. The SMILES string of the molecule is Cc1ccc(F)c(Nc2ccccc2C#N)c1. The Morgan fingerprint density at radius 3 is 2.65 bits per heavy atom. The summed E-state index contributed by atoms with van der Waals surface area (Å²) in [5.41, 5.74) is 2.45. The van der Waals surface area contributed by atoms with E-state index in [1.54, 1.807) is 36.4 Å². The molecular weight excluding hydrogens is 215 g/mol. The van der Waals surface area contributed by atoms with Gasteiger partial charge in [-0.2, -0.15) is 5.26 Å². The van der Waals surface area contributed by atoms with Crippen LogP contribution in [0.5, 0.6) is 0 Å². The van der Waals surface area contributed by atoms with Gasteiger partial charge in [0.15, 0.2) is 0 Å². The van der Waals surface area contributed by atoms with Crippen molar-refractivity contribution in [1.29, 1.82) is 5.26 Å². The molecule has 2 rings (SSSR count). The van der Waals surface area contributed by atoms with Gasteiger partial charge in [0.1, 0.15) is 11.9 Å². The molecule has 0 aliphatic heterocycles. The van der Waals surface area contributed by atoms with Gasteiger partial charge in [0, 0.05) is 0 Å². The number of nitriles is 1. The molecule has 0 fully saturated rings. The molecule has 2 aromatic carbocycles. The van der Waals surface area contributed by atoms with Crippen LogP contribution < -0.4 is 5.32 Å². The Labute approximate surface area is 99.3 Å². The van der Waals surface area contributed by atoms with Crippen molar-refractivity contribution < 1.29 is 4.39 Å². The van der Waals surface area contributed by atoms with Gasteiger partial charge in [-0.1, -0.05) is 18.2 Å². The quantitative estimate of drug-likeness (QED) is 0.846. The van der Waals surface area contributed by atoms with Crippen molar-refractivity contribution >= 4 is 11.4 Å². The van der Waals surface area contributed by atoms with Crippen LogP contribution in [0.1, 0.15) is 11.1 Å².